The number of aliphatic hydroxyl groups is 1. The fourth-order valence-electron chi connectivity index (χ4n) is 8.69. The van der Waals surface area contributed by atoms with E-state index >= 15 is 4.39 Å². The predicted molar refractivity (Wildman–Crippen MR) is 163 cm³/mol. The number of sulfone groups is 1. The Morgan fingerprint density at radius 3 is 2.41 bits per heavy atom. The SMILES string of the molecule is CCC(=O)O[C@]1(C(=O)SCC(=O)c2ccc(S(C)(=O)=O)cc2)[C@H](C)C[C@H]2[C@@H]3CCC4=CC(=O)C=C[C@]4(C)[C@@]3(F)[C@@H](O)C[C@@]21C. The van der Waals surface area contributed by atoms with Crippen LogP contribution in [0.3, 0.4) is 0 Å². The van der Waals surface area contributed by atoms with E-state index in [4.69, 9.17) is 4.74 Å². The summed E-state index contributed by atoms with van der Waals surface area (Å²) in [7, 11) is -3.45. The van der Waals surface area contributed by atoms with Gasteiger partial charge in [0.05, 0.1) is 16.8 Å². The number of hydrogen-bond acceptors (Lipinski definition) is 9. The Morgan fingerprint density at radius 2 is 1.80 bits per heavy atom. The summed E-state index contributed by atoms with van der Waals surface area (Å²) >= 11 is 0.726. The number of rotatable bonds is 7. The molecule has 0 aliphatic heterocycles. The molecule has 1 N–H and O–H groups in total. The molecule has 0 bridgehead atoms. The smallest absolute Gasteiger partial charge is 0.306 e. The summed E-state index contributed by atoms with van der Waals surface area (Å²) in [5.41, 5.74) is -5.27. The molecule has 0 radical (unpaired) electrons. The van der Waals surface area contributed by atoms with E-state index in [0.717, 1.165) is 18.0 Å². The first-order chi connectivity index (χ1) is 20.5. The third-order valence-electron chi connectivity index (χ3n) is 11.0. The Bertz CT molecular complexity index is 1580. The minimum Gasteiger partial charge on any atom is -0.449 e. The zero-order chi connectivity index (χ0) is 32.5. The van der Waals surface area contributed by atoms with Gasteiger partial charge in [-0.05, 0) is 62.8 Å². The zero-order valence-corrected chi connectivity index (χ0v) is 27.2. The van der Waals surface area contributed by atoms with Gasteiger partial charge in [0.1, 0.15) is 0 Å². The first-order valence-corrected chi connectivity index (χ1v) is 17.9. The summed E-state index contributed by atoms with van der Waals surface area (Å²) in [5.74, 6) is -3.12. The van der Waals surface area contributed by atoms with Crippen molar-refractivity contribution in [1.82, 2.24) is 0 Å². The predicted octanol–water partition coefficient (Wildman–Crippen LogP) is 4.84. The van der Waals surface area contributed by atoms with Crippen LogP contribution in [0.4, 0.5) is 4.39 Å². The quantitative estimate of drug-likeness (QED) is 0.327. The van der Waals surface area contributed by atoms with Gasteiger partial charge in [-0.25, -0.2) is 12.8 Å². The molecule has 0 aromatic heterocycles. The van der Waals surface area contributed by atoms with Gasteiger partial charge in [-0.15, -0.1) is 0 Å². The number of ether oxygens (including phenoxy) is 1. The molecular weight excluding hydrogens is 607 g/mol. The van der Waals surface area contributed by atoms with Crippen LogP contribution < -0.4 is 0 Å². The average Bonchev–Trinajstić information content (AvgIpc) is 3.18. The van der Waals surface area contributed by atoms with Gasteiger partial charge in [0.15, 0.2) is 32.7 Å². The van der Waals surface area contributed by atoms with Gasteiger partial charge in [0, 0.05) is 40.9 Å². The number of aliphatic hydroxyl groups excluding tert-OH is 1. The summed E-state index contributed by atoms with van der Waals surface area (Å²) < 4.78 is 47.3. The molecule has 44 heavy (non-hydrogen) atoms. The third kappa shape index (κ3) is 4.67. The molecule has 3 saturated carbocycles. The third-order valence-corrected chi connectivity index (χ3v) is 13.1. The maximum atomic E-state index is 17.6. The summed E-state index contributed by atoms with van der Waals surface area (Å²) in [6.45, 7) is 6.94. The molecule has 0 heterocycles. The fourth-order valence-corrected chi connectivity index (χ4v) is 10.4. The highest BCUT2D eigenvalue weighted by Gasteiger charge is 2.77. The highest BCUT2D eigenvalue weighted by Crippen LogP contribution is 2.71. The Kier molecular flexibility index (Phi) is 8.20. The number of esters is 1. The van der Waals surface area contributed by atoms with Crippen LogP contribution >= 0.6 is 11.8 Å². The number of hydrogen-bond donors (Lipinski definition) is 1. The summed E-state index contributed by atoms with van der Waals surface area (Å²) in [6.07, 6.45) is 5.00. The lowest BCUT2D eigenvalue weighted by atomic mass is 9.45. The number of carbonyl (C=O) groups excluding carboxylic acids is 4. The molecule has 11 heteroatoms. The van der Waals surface area contributed by atoms with Crippen molar-refractivity contribution in [3.63, 3.8) is 0 Å². The van der Waals surface area contributed by atoms with Gasteiger partial charge >= 0.3 is 5.97 Å². The summed E-state index contributed by atoms with van der Waals surface area (Å²) in [5, 5.41) is 11.2. The molecule has 3 fully saturated rings. The van der Waals surface area contributed by atoms with Gasteiger partial charge in [-0.1, -0.05) is 56.3 Å². The normalized spacial score (nSPS) is 37.8. The van der Waals surface area contributed by atoms with Gasteiger partial charge < -0.3 is 9.84 Å². The van der Waals surface area contributed by atoms with E-state index in [1.807, 2.05) is 0 Å². The van der Waals surface area contributed by atoms with Crippen molar-refractivity contribution >= 4 is 44.3 Å². The van der Waals surface area contributed by atoms with Gasteiger partial charge in [0.2, 0.25) is 5.12 Å². The van der Waals surface area contributed by atoms with E-state index in [1.165, 1.54) is 36.4 Å². The number of Topliss-reactive ketones (excluding diaryl/α,β-unsaturated/α-hetero) is 1. The van der Waals surface area contributed by atoms with E-state index < -0.39 is 72.7 Å². The molecule has 8 nitrogen and oxygen atoms in total. The van der Waals surface area contributed by atoms with Crippen molar-refractivity contribution in [3.8, 4) is 0 Å². The van der Waals surface area contributed by atoms with Crippen LogP contribution in [0, 0.1) is 28.6 Å². The first kappa shape index (κ1) is 32.8. The topological polar surface area (TPSA) is 132 Å². The Balaban J connectivity index is 1.48. The number of benzene rings is 1. The van der Waals surface area contributed by atoms with Crippen molar-refractivity contribution in [2.24, 2.45) is 28.6 Å². The van der Waals surface area contributed by atoms with E-state index in [2.05, 4.69) is 0 Å². The van der Waals surface area contributed by atoms with Gasteiger partial charge in [-0.3, -0.25) is 19.2 Å². The lowest BCUT2D eigenvalue weighted by molar-refractivity contribution is -0.225. The molecular formula is C33H39FO8S2. The molecule has 0 saturated heterocycles. The lowest BCUT2D eigenvalue weighted by Crippen LogP contribution is -2.69. The van der Waals surface area contributed by atoms with Crippen molar-refractivity contribution in [2.75, 3.05) is 12.0 Å². The largest absolute Gasteiger partial charge is 0.449 e. The maximum absolute atomic E-state index is 17.6. The number of allylic oxidation sites excluding steroid dienone is 4. The van der Waals surface area contributed by atoms with Crippen LogP contribution in [0.25, 0.3) is 0 Å². The molecule has 0 unspecified atom stereocenters. The van der Waals surface area contributed by atoms with Crippen molar-refractivity contribution < 1.29 is 41.8 Å². The second-order valence-electron chi connectivity index (χ2n) is 13.3. The van der Waals surface area contributed by atoms with Crippen LogP contribution in [0.15, 0.2) is 53.0 Å². The van der Waals surface area contributed by atoms with E-state index in [0.29, 0.717) is 24.8 Å². The average molecular weight is 647 g/mol. The molecule has 4 aliphatic carbocycles. The Morgan fingerprint density at radius 1 is 1.14 bits per heavy atom. The van der Waals surface area contributed by atoms with E-state index in [1.54, 1.807) is 33.8 Å². The van der Waals surface area contributed by atoms with E-state index in [9.17, 15) is 32.7 Å². The lowest BCUT2D eigenvalue weighted by Gasteiger charge is -2.62. The number of halogens is 1. The van der Waals surface area contributed by atoms with Gasteiger partial charge in [0.25, 0.3) is 0 Å². The Labute approximate surface area is 261 Å². The Hall–Kier alpha value is -2.63. The van der Waals surface area contributed by atoms with Crippen LogP contribution in [0.2, 0.25) is 0 Å². The molecule has 0 amide bonds. The van der Waals surface area contributed by atoms with Crippen LogP contribution in [0.5, 0.6) is 0 Å². The molecule has 0 spiro atoms. The first-order valence-electron chi connectivity index (χ1n) is 15.0. The van der Waals surface area contributed by atoms with Crippen molar-refractivity contribution in [1.29, 1.82) is 0 Å². The number of alkyl halides is 1. The van der Waals surface area contributed by atoms with E-state index in [-0.39, 0.29) is 34.8 Å². The van der Waals surface area contributed by atoms with Crippen LogP contribution in [0.1, 0.15) is 70.2 Å². The highest BCUT2D eigenvalue weighted by molar-refractivity contribution is 8.14. The zero-order valence-electron chi connectivity index (χ0n) is 25.6. The maximum Gasteiger partial charge on any atom is 0.306 e. The molecule has 5 rings (SSSR count). The highest BCUT2D eigenvalue weighted by atomic mass is 32.2. The second kappa shape index (κ2) is 11.0. The molecule has 238 valence electrons. The van der Waals surface area contributed by atoms with Crippen molar-refractivity contribution in [3.05, 3.63) is 53.6 Å². The minimum atomic E-state index is -3.45. The number of thioether (sulfide) groups is 1. The summed E-state index contributed by atoms with van der Waals surface area (Å²) in [4.78, 5) is 52.5. The van der Waals surface area contributed by atoms with Gasteiger partial charge in [-0.2, -0.15) is 0 Å². The molecule has 4 aliphatic rings. The van der Waals surface area contributed by atoms with Crippen molar-refractivity contribution in [2.45, 2.75) is 82.1 Å². The van der Waals surface area contributed by atoms with Crippen LogP contribution in [-0.4, -0.2) is 65.6 Å². The minimum absolute atomic E-state index is 0.00284. The second-order valence-corrected chi connectivity index (χ2v) is 16.2. The number of carbonyl (C=O) groups is 4. The molecule has 8 atom stereocenters. The summed E-state index contributed by atoms with van der Waals surface area (Å²) in [6, 6.07) is 5.45. The number of fused-ring (bicyclic) bond motifs is 5. The number of ketones is 2. The molecule has 1 aromatic rings. The standard InChI is InChI=1S/C33H39FO8S2/c1-6-28(38)42-33(29(39)43-18-26(36)20-7-10-23(11-8-20)44(5,40)41)19(2)15-25-24-12-9-21-16-22(35)13-14-30(21,3)32(24,34)27(37)17-31(25,33)4/h7-8,10-11,13-14,16,19,24-25,27,37H,6,9,12,15,17-18H2,1-5H3/t19-,24+,25+,27+,30+,31+,32+,33+/m1/s1. The molecule has 1 aromatic carbocycles. The fraction of sp³-hybridized carbons (Fsp3) is 0.576. The van der Waals surface area contributed by atoms with Crippen LogP contribution in [-0.2, 0) is 29.0 Å². The monoisotopic (exact) mass is 646 g/mol.